The summed E-state index contributed by atoms with van der Waals surface area (Å²) in [5.41, 5.74) is 2.09. The van der Waals surface area contributed by atoms with Crippen LogP contribution in [0.1, 0.15) is 43.9 Å². The van der Waals surface area contributed by atoms with Crippen LogP contribution in [0.3, 0.4) is 0 Å². The summed E-state index contributed by atoms with van der Waals surface area (Å²) in [7, 11) is 0. The molecule has 2 rings (SSSR count). The van der Waals surface area contributed by atoms with Gasteiger partial charge in [0.25, 0.3) is 0 Å². The van der Waals surface area contributed by atoms with E-state index in [1.807, 2.05) is 30.3 Å². The van der Waals surface area contributed by atoms with Gasteiger partial charge < -0.3 is 4.74 Å². The van der Waals surface area contributed by atoms with Gasteiger partial charge in [-0.3, -0.25) is 4.79 Å². The highest BCUT2D eigenvalue weighted by Crippen LogP contribution is 2.15. The van der Waals surface area contributed by atoms with Gasteiger partial charge in [0.15, 0.2) is 0 Å². The molecule has 0 saturated heterocycles. The Labute approximate surface area is 125 Å². The van der Waals surface area contributed by atoms with Gasteiger partial charge in [-0.2, -0.15) is 0 Å². The minimum Gasteiger partial charge on any atom is -0.427 e. The van der Waals surface area contributed by atoms with Crippen molar-refractivity contribution in [2.24, 2.45) is 0 Å². The third-order valence-corrected chi connectivity index (χ3v) is 3.17. The van der Waals surface area contributed by atoms with E-state index >= 15 is 0 Å². The van der Waals surface area contributed by atoms with E-state index in [0.717, 1.165) is 36.9 Å². The molecule has 21 heavy (non-hydrogen) atoms. The molecule has 1 aromatic heterocycles. The zero-order chi connectivity index (χ0) is 14.9. The van der Waals surface area contributed by atoms with Crippen LogP contribution in [0.25, 0.3) is 0 Å². The molecule has 2 aromatic rings. The summed E-state index contributed by atoms with van der Waals surface area (Å²) in [6.07, 6.45) is 7.56. The molecule has 0 aliphatic rings. The second-order valence-corrected chi connectivity index (χ2v) is 4.95. The highest BCUT2D eigenvalue weighted by Gasteiger charge is 2.05. The molecule has 0 saturated carbocycles. The summed E-state index contributed by atoms with van der Waals surface area (Å²) < 4.78 is 5.30. The summed E-state index contributed by atoms with van der Waals surface area (Å²) in [6.45, 7) is 2.11. The predicted octanol–water partition coefficient (Wildman–Crippen LogP) is 3.55. The van der Waals surface area contributed by atoms with Crippen molar-refractivity contribution in [1.29, 1.82) is 0 Å². The molecule has 1 heterocycles. The van der Waals surface area contributed by atoms with Gasteiger partial charge in [-0.25, -0.2) is 9.97 Å². The summed E-state index contributed by atoms with van der Waals surface area (Å²) in [5.74, 6) is 0.440. The number of hydrogen-bond acceptors (Lipinski definition) is 4. The first-order valence-corrected chi connectivity index (χ1v) is 7.32. The number of carbonyl (C=O) groups excluding carboxylic acids is 1. The van der Waals surface area contributed by atoms with E-state index in [9.17, 15) is 4.79 Å². The van der Waals surface area contributed by atoms with Crippen LogP contribution in [0, 0.1) is 0 Å². The maximum absolute atomic E-state index is 11.6. The van der Waals surface area contributed by atoms with Crippen LogP contribution in [0.2, 0.25) is 0 Å². The van der Waals surface area contributed by atoms with Gasteiger partial charge in [0.1, 0.15) is 12.1 Å². The van der Waals surface area contributed by atoms with Crippen LogP contribution < -0.4 is 4.74 Å². The largest absolute Gasteiger partial charge is 0.427 e. The molecule has 0 aliphatic heterocycles. The van der Waals surface area contributed by atoms with Crippen molar-refractivity contribution in [3.05, 3.63) is 54.1 Å². The van der Waals surface area contributed by atoms with Crippen molar-refractivity contribution >= 4 is 5.97 Å². The maximum atomic E-state index is 11.6. The van der Waals surface area contributed by atoms with Crippen LogP contribution >= 0.6 is 0 Å². The average molecular weight is 284 g/mol. The van der Waals surface area contributed by atoms with Crippen molar-refractivity contribution in [2.75, 3.05) is 0 Å². The topological polar surface area (TPSA) is 52.1 Å². The Morgan fingerprint density at radius 1 is 1.14 bits per heavy atom. The number of aromatic nitrogens is 2. The second kappa shape index (κ2) is 8.15. The lowest BCUT2D eigenvalue weighted by atomic mass is 10.1. The van der Waals surface area contributed by atoms with Gasteiger partial charge in [-0.05, 0) is 30.2 Å². The Morgan fingerprint density at radius 3 is 2.62 bits per heavy atom. The number of ether oxygens (including phenoxy) is 1. The molecule has 0 amide bonds. The summed E-state index contributed by atoms with van der Waals surface area (Å²) in [6, 6.07) is 9.46. The maximum Gasteiger partial charge on any atom is 0.311 e. The molecule has 0 atom stereocenters. The molecule has 1 aromatic carbocycles. The van der Waals surface area contributed by atoms with Gasteiger partial charge in [-0.1, -0.05) is 31.9 Å². The lowest BCUT2D eigenvalue weighted by molar-refractivity contribution is -0.134. The fourth-order valence-electron chi connectivity index (χ4n) is 2.01. The van der Waals surface area contributed by atoms with Crippen LogP contribution in [0.4, 0.5) is 0 Å². The van der Waals surface area contributed by atoms with Crippen molar-refractivity contribution < 1.29 is 9.53 Å². The normalized spacial score (nSPS) is 10.3. The van der Waals surface area contributed by atoms with E-state index in [2.05, 4.69) is 16.9 Å². The van der Waals surface area contributed by atoms with Gasteiger partial charge in [0.05, 0.1) is 0 Å². The number of carbonyl (C=O) groups is 1. The Hall–Kier alpha value is -2.23. The van der Waals surface area contributed by atoms with E-state index in [-0.39, 0.29) is 5.97 Å². The molecule has 0 aliphatic carbocycles. The van der Waals surface area contributed by atoms with Gasteiger partial charge in [0.2, 0.25) is 0 Å². The molecule has 110 valence electrons. The zero-order valence-electron chi connectivity index (χ0n) is 12.3. The number of benzene rings is 1. The molecule has 0 N–H and O–H groups in total. The molecule has 0 unspecified atom stereocenters. The van der Waals surface area contributed by atoms with Crippen LogP contribution in [-0.2, 0) is 11.2 Å². The van der Waals surface area contributed by atoms with Crippen LogP contribution in [0.15, 0.2) is 42.9 Å². The third kappa shape index (κ3) is 5.34. The molecule has 4 heteroatoms. The highest BCUT2D eigenvalue weighted by molar-refractivity contribution is 5.72. The molecule has 0 radical (unpaired) electrons. The van der Waals surface area contributed by atoms with Gasteiger partial charge in [0, 0.05) is 24.7 Å². The lowest BCUT2D eigenvalue weighted by Gasteiger charge is -2.05. The van der Waals surface area contributed by atoms with Crippen molar-refractivity contribution in [1.82, 2.24) is 9.97 Å². The SMILES string of the molecule is CCCCCC(=O)Oc1ccc(Cc2ccncn2)cc1. The Bertz CT molecular complexity index is 553. The van der Waals surface area contributed by atoms with Crippen LogP contribution in [-0.4, -0.2) is 15.9 Å². The van der Waals surface area contributed by atoms with E-state index < -0.39 is 0 Å². The number of nitrogens with zero attached hydrogens (tertiary/aromatic N) is 2. The Balaban J connectivity index is 1.85. The lowest BCUT2D eigenvalue weighted by Crippen LogP contribution is -2.07. The second-order valence-electron chi connectivity index (χ2n) is 4.95. The summed E-state index contributed by atoms with van der Waals surface area (Å²) in [5, 5.41) is 0. The van der Waals surface area contributed by atoms with Crippen LogP contribution in [0.5, 0.6) is 5.75 Å². The van der Waals surface area contributed by atoms with E-state index in [0.29, 0.717) is 12.2 Å². The zero-order valence-corrected chi connectivity index (χ0v) is 12.3. The first-order chi connectivity index (χ1) is 10.3. The van der Waals surface area contributed by atoms with E-state index in [4.69, 9.17) is 4.74 Å². The molecule has 0 fully saturated rings. The first-order valence-electron chi connectivity index (χ1n) is 7.32. The average Bonchev–Trinajstić information content (AvgIpc) is 2.51. The minimum absolute atomic E-state index is 0.160. The molecule has 0 bridgehead atoms. The molecule has 0 spiro atoms. The molecular weight excluding hydrogens is 264 g/mol. The van der Waals surface area contributed by atoms with E-state index in [1.54, 1.807) is 12.5 Å². The Kier molecular flexibility index (Phi) is 5.88. The third-order valence-electron chi connectivity index (χ3n) is 3.17. The monoisotopic (exact) mass is 284 g/mol. The first kappa shape index (κ1) is 15.2. The number of esters is 1. The predicted molar refractivity (Wildman–Crippen MR) is 81.1 cm³/mol. The fraction of sp³-hybridized carbons (Fsp3) is 0.353. The van der Waals surface area contributed by atoms with E-state index in [1.165, 1.54) is 0 Å². The van der Waals surface area contributed by atoms with Gasteiger partial charge in [-0.15, -0.1) is 0 Å². The number of hydrogen-bond donors (Lipinski definition) is 0. The van der Waals surface area contributed by atoms with Crippen molar-refractivity contribution in [3.8, 4) is 5.75 Å². The quantitative estimate of drug-likeness (QED) is 0.443. The van der Waals surface area contributed by atoms with Crippen molar-refractivity contribution in [2.45, 2.75) is 39.0 Å². The molecular formula is C17H20N2O2. The standard InChI is InChI=1S/C17H20N2O2/c1-2-3-4-5-17(20)21-16-8-6-14(7-9-16)12-15-10-11-18-13-19-15/h6-11,13H,2-5,12H2,1H3. The smallest absolute Gasteiger partial charge is 0.311 e. The van der Waals surface area contributed by atoms with Gasteiger partial charge >= 0.3 is 5.97 Å². The highest BCUT2D eigenvalue weighted by atomic mass is 16.5. The fourth-order valence-corrected chi connectivity index (χ4v) is 2.01. The number of unbranched alkanes of at least 4 members (excludes halogenated alkanes) is 2. The minimum atomic E-state index is -0.160. The summed E-state index contributed by atoms with van der Waals surface area (Å²) in [4.78, 5) is 19.7. The number of rotatable bonds is 7. The Morgan fingerprint density at radius 2 is 1.95 bits per heavy atom. The van der Waals surface area contributed by atoms with Crippen molar-refractivity contribution in [3.63, 3.8) is 0 Å². The summed E-state index contributed by atoms with van der Waals surface area (Å²) >= 11 is 0. The molecule has 4 nitrogen and oxygen atoms in total.